The topological polar surface area (TPSA) is 42.9 Å². The first-order valence-electron chi connectivity index (χ1n) is 18.3. The van der Waals surface area contributed by atoms with Gasteiger partial charge < -0.3 is 13.7 Å². The quantitative estimate of drug-likeness (QED) is 0.169. The van der Waals surface area contributed by atoms with Gasteiger partial charge in [0.05, 0.1) is 56.8 Å². The van der Waals surface area contributed by atoms with E-state index in [9.17, 15) is 5.26 Å². The van der Waals surface area contributed by atoms with Crippen LogP contribution in [0.4, 0.5) is 5.69 Å². The smallest absolute Gasteiger partial charge is 0.189 e. The van der Waals surface area contributed by atoms with Crippen LogP contribution in [0.15, 0.2) is 176 Å². The van der Waals surface area contributed by atoms with Gasteiger partial charge in [0.2, 0.25) is 0 Å². The molecular formula is C50H29N5. The van der Waals surface area contributed by atoms with E-state index < -0.39 is 0 Å². The van der Waals surface area contributed by atoms with E-state index in [0.29, 0.717) is 11.3 Å². The van der Waals surface area contributed by atoms with Gasteiger partial charge in [0.1, 0.15) is 6.07 Å². The summed E-state index contributed by atoms with van der Waals surface area (Å²) < 4.78 is 6.89. The number of nitrogens with zero attached hydrogens (tertiary/aromatic N) is 5. The molecule has 0 radical (unpaired) electrons. The Bertz CT molecular complexity index is 3420. The lowest BCUT2D eigenvalue weighted by Gasteiger charge is -2.17. The fourth-order valence-corrected chi connectivity index (χ4v) is 8.80. The van der Waals surface area contributed by atoms with Crippen LogP contribution in [0.1, 0.15) is 5.56 Å². The van der Waals surface area contributed by atoms with Crippen LogP contribution in [0.2, 0.25) is 0 Å². The molecule has 0 spiro atoms. The van der Waals surface area contributed by atoms with Crippen LogP contribution < -0.4 is 0 Å². The molecule has 5 heteroatoms. The molecule has 0 bridgehead atoms. The summed E-state index contributed by atoms with van der Waals surface area (Å²) in [5, 5.41) is 17.8. The van der Waals surface area contributed by atoms with Crippen molar-refractivity contribution in [3.05, 3.63) is 193 Å². The lowest BCUT2D eigenvalue weighted by molar-refractivity contribution is 1.12. The number of aromatic nitrogens is 3. The predicted octanol–water partition coefficient (Wildman–Crippen LogP) is 13.1. The summed E-state index contributed by atoms with van der Waals surface area (Å²) in [4.78, 5) is 3.76. The van der Waals surface area contributed by atoms with Gasteiger partial charge in [0.25, 0.3) is 0 Å². The molecule has 0 aliphatic heterocycles. The highest BCUT2D eigenvalue weighted by Gasteiger charge is 2.22. The normalized spacial score (nSPS) is 11.6. The van der Waals surface area contributed by atoms with Crippen LogP contribution in [-0.2, 0) is 0 Å². The molecule has 0 atom stereocenters. The zero-order valence-corrected chi connectivity index (χ0v) is 29.5. The van der Waals surface area contributed by atoms with Crippen molar-refractivity contribution in [2.45, 2.75) is 0 Å². The van der Waals surface area contributed by atoms with Crippen molar-refractivity contribution in [1.82, 2.24) is 13.7 Å². The fraction of sp³-hybridized carbons (Fsp3) is 0. The summed E-state index contributed by atoms with van der Waals surface area (Å²) >= 11 is 0. The van der Waals surface area contributed by atoms with Gasteiger partial charge in [-0.3, -0.25) is 0 Å². The maximum Gasteiger partial charge on any atom is 0.189 e. The summed E-state index contributed by atoms with van der Waals surface area (Å²) in [5.74, 6) is 0. The fourth-order valence-electron chi connectivity index (χ4n) is 8.80. The maximum absolute atomic E-state index is 11.0. The first-order chi connectivity index (χ1) is 27.2. The van der Waals surface area contributed by atoms with E-state index >= 15 is 0 Å². The van der Waals surface area contributed by atoms with Gasteiger partial charge in [-0.1, -0.05) is 121 Å². The van der Waals surface area contributed by atoms with Crippen LogP contribution >= 0.6 is 0 Å². The van der Waals surface area contributed by atoms with Gasteiger partial charge in [0, 0.05) is 43.4 Å². The summed E-state index contributed by atoms with van der Waals surface area (Å²) in [6.45, 7) is 7.74. The molecule has 0 fully saturated rings. The minimum absolute atomic E-state index is 0.574. The van der Waals surface area contributed by atoms with E-state index in [-0.39, 0.29) is 0 Å². The predicted molar refractivity (Wildman–Crippen MR) is 226 cm³/mol. The molecule has 11 rings (SSSR count). The van der Waals surface area contributed by atoms with E-state index in [1.54, 1.807) is 0 Å². The van der Waals surface area contributed by atoms with Crippen LogP contribution in [0.5, 0.6) is 0 Å². The van der Waals surface area contributed by atoms with E-state index in [4.69, 9.17) is 6.57 Å². The van der Waals surface area contributed by atoms with E-state index in [1.807, 2.05) is 36.4 Å². The molecule has 11 aromatic rings. The Morgan fingerprint density at radius 1 is 0.418 bits per heavy atom. The first-order valence-corrected chi connectivity index (χ1v) is 18.3. The zero-order valence-electron chi connectivity index (χ0n) is 29.5. The highest BCUT2D eigenvalue weighted by molar-refractivity contribution is 6.15. The van der Waals surface area contributed by atoms with E-state index in [2.05, 4.69) is 164 Å². The Labute approximate surface area is 316 Å². The Morgan fingerprint density at radius 2 is 0.927 bits per heavy atom. The highest BCUT2D eigenvalue weighted by atomic mass is 15.1. The maximum atomic E-state index is 11.0. The Hall–Kier alpha value is -7.86. The van der Waals surface area contributed by atoms with Gasteiger partial charge in [-0.15, -0.1) is 0 Å². The van der Waals surface area contributed by atoms with Crippen LogP contribution in [0, 0.1) is 17.9 Å². The lowest BCUT2D eigenvalue weighted by Crippen LogP contribution is -2.03. The molecule has 0 saturated carbocycles. The highest BCUT2D eigenvalue weighted by Crippen LogP contribution is 2.42. The molecule has 0 amide bonds. The van der Waals surface area contributed by atoms with Crippen molar-refractivity contribution in [3.63, 3.8) is 0 Å². The van der Waals surface area contributed by atoms with Gasteiger partial charge in [-0.25, -0.2) is 4.85 Å². The van der Waals surface area contributed by atoms with Crippen molar-refractivity contribution >= 4 is 71.1 Å². The number of para-hydroxylation sites is 6. The standard InChI is InChI=1S/C50H29N5/c1-52-34-26-27-40-38-16-5-10-22-46(38)54(49(40)30-34)43-19-7-2-13-35(43)32-25-28-42(33(29-32)31-51)55-47-23-11-6-17-39(47)41-18-12-24-48(50(41)55)53-44-20-8-3-14-36(44)37-15-4-9-21-45(37)53/h2-30H. The molecule has 5 nitrogen and oxygen atoms in total. The monoisotopic (exact) mass is 699 g/mol. The van der Waals surface area contributed by atoms with Gasteiger partial charge in [-0.2, -0.15) is 5.26 Å². The summed E-state index contributed by atoms with van der Waals surface area (Å²) in [5.41, 5.74) is 12.3. The van der Waals surface area contributed by atoms with Crippen LogP contribution in [0.25, 0.3) is 98.5 Å². The average Bonchev–Trinajstić information content (AvgIpc) is 3.89. The second kappa shape index (κ2) is 11.8. The number of nitriles is 1. The van der Waals surface area contributed by atoms with E-state index in [1.165, 1.54) is 10.8 Å². The first kappa shape index (κ1) is 30.7. The summed E-state index contributed by atoms with van der Waals surface area (Å²) in [7, 11) is 0. The minimum Gasteiger partial charge on any atom is -0.310 e. The average molecular weight is 700 g/mol. The van der Waals surface area contributed by atoms with Crippen molar-refractivity contribution < 1.29 is 0 Å². The molecular weight excluding hydrogens is 671 g/mol. The molecule has 3 heterocycles. The molecule has 0 saturated heterocycles. The third-order valence-electron chi connectivity index (χ3n) is 11.1. The number of benzene rings is 8. The molecule has 254 valence electrons. The van der Waals surface area contributed by atoms with Crippen LogP contribution in [0.3, 0.4) is 0 Å². The molecule has 0 aliphatic rings. The third-order valence-corrected chi connectivity index (χ3v) is 11.1. The molecule has 0 N–H and O–H groups in total. The van der Waals surface area contributed by atoms with E-state index in [0.717, 1.165) is 82.8 Å². The molecule has 8 aromatic carbocycles. The van der Waals surface area contributed by atoms with Gasteiger partial charge >= 0.3 is 0 Å². The van der Waals surface area contributed by atoms with Gasteiger partial charge in [0.15, 0.2) is 5.69 Å². The second-order valence-corrected chi connectivity index (χ2v) is 13.9. The number of hydrogen-bond acceptors (Lipinski definition) is 1. The second-order valence-electron chi connectivity index (χ2n) is 13.9. The van der Waals surface area contributed by atoms with Crippen molar-refractivity contribution in [3.8, 4) is 34.3 Å². The summed E-state index contributed by atoms with van der Waals surface area (Å²) in [6.07, 6.45) is 0. The Morgan fingerprint density at radius 3 is 1.56 bits per heavy atom. The minimum atomic E-state index is 0.574. The zero-order chi connectivity index (χ0) is 36.6. The lowest BCUT2D eigenvalue weighted by atomic mass is 10.00. The van der Waals surface area contributed by atoms with Gasteiger partial charge in [-0.05, 0) is 60.2 Å². The largest absolute Gasteiger partial charge is 0.310 e. The molecule has 0 unspecified atom stereocenters. The number of hydrogen-bond donors (Lipinski definition) is 0. The molecule has 0 aliphatic carbocycles. The van der Waals surface area contributed by atoms with Crippen molar-refractivity contribution in [1.29, 1.82) is 5.26 Å². The Balaban J connectivity index is 1.17. The molecule has 3 aromatic heterocycles. The molecule has 55 heavy (non-hydrogen) atoms. The van der Waals surface area contributed by atoms with Crippen molar-refractivity contribution in [2.75, 3.05) is 0 Å². The SMILES string of the molecule is [C-]#[N+]c1ccc2c3ccccc3n(-c3ccccc3-c3ccc(-n4c5ccccc5c5cccc(-n6c7ccccc7c7ccccc76)c54)c(C#N)c3)c2c1. The van der Waals surface area contributed by atoms with Crippen molar-refractivity contribution in [2.24, 2.45) is 0 Å². The Kier molecular flexibility index (Phi) is 6.61. The third kappa shape index (κ3) is 4.39. The number of rotatable bonds is 4. The summed E-state index contributed by atoms with van der Waals surface area (Å²) in [6, 6.07) is 63.6. The van der Waals surface area contributed by atoms with Crippen LogP contribution in [-0.4, -0.2) is 13.7 Å². The number of fused-ring (bicyclic) bond motifs is 9.